The molecule has 0 heterocycles. The molecule has 0 aliphatic heterocycles. The van der Waals surface area contributed by atoms with Crippen LogP contribution >= 0.6 is 0 Å². The molecule has 0 aromatic heterocycles. The Morgan fingerprint density at radius 1 is 0.688 bits per heavy atom. The van der Waals surface area contributed by atoms with Crippen molar-refractivity contribution in [2.45, 2.75) is 85.2 Å². The largest absolute Gasteiger partial charge is 0.481 e. The summed E-state index contributed by atoms with van der Waals surface area (Å²) in [6.45, 7) is 8.95. The van der Waals surface area contributed by atoms with E-state index < -0.39 is 91.4 Å². The van der Waals surface area contributed by atoms with Gasteiger partial charge in [0.25, 0.3) is 0 Å². The maximum atomic E-state index is 13.0. The van der Waals surface area contributed by atoms with Crippen molar-refractivity contribution in [3.63, 3.8) is 0 Å². The van der Waals surface area contributed by atoms with Crippen LogP contribution in [0.3, 0.4) is 0 Å². The lowest BCUT2D eigenvalue weighted by atomic mass is 10.0. The molecule has 8 N–H and O–H groups in total. The molecule has 0 saturated carbocycles. The van der Waals surface area contributed by atoms with E-state index in [0.717, 1.165) is 0 Å². The summed E-state index contributed by atoms with van der Waals surface area (Å²) >= 11 is 0. The van der Waals surface area contributed by atoms with Gasteiger partial charge in [0.15, 0.2) is 0 Å². The Kier molecular flexibility index (Phi) is 17.3. The smallest absolute Gasteiger partial charge is 0.308 e. The van der Waals surface area contributed by atoms with Crippen molar-refractivity contribution >= 4 is 53.1 Å². The number of benzene rings is 1. The number of carboxylic acid groups (broad SMARTS) is 2. The van der Waals surface area contributed by atoms with Gasteiger partial charge in [0.2, 0.25) is 29.5 Å². The van der Waals surface area contributed by atoms with Crippen LogP contribution in [0.4, 0.5) is 5.69 Å². The monoisotopic (exact) mass is 678 g/mol. The molecule has 0 fully saturated rings. The molecule has 3 atom stereocenters. The maximum absolute atomic E-state index is 13.0. The zero-order valence-corrected chi connectivity index (χ0v) is 27.9. The van der Waals surface area contributed by atoms with E-state index in [1.165, 1.54) is 0 Å². The highest BCUT2D eigenvalue weighted by Crippen LogP contribution is 2.11. The summed E-state index contributed by atoms with van der Waals surface area (Å²) in [4.78, 5) is 97.5. The quantitative estimate of drug-likeness (QED) is 0.0812. The van der Waals surface area contributed by atoms with Crippen LogP contribution in [0, 0.1) is 11.8 Å². The van der Waals surface area contributed by atoms with E-state index in [2.05, 4.69) is 31.9 Å². The molecule has 1 aromatic carbocycles. The first-order chi connectivity index (χ1) is 22.4. The fourth-order valence-corrected chi connectivity index (χ4v) is 4.00. The standard InChI is InChI=1S/C31H46N6O11/c1-16(2)27(30(46)33-13-23(38)35-20-9-7-19(8-10-20)15-48-31(47)17(3)4)37-29(45)22(12-26(42)43)36-24(39)14-32-28(44)21(11-25(40)41)34-18(5)6/h7-10,16-18,21-22,27,34H,11-15H2,1-6H3,(H,32,44)(H,33,46)(H,35,38)(H,36,39)(H,37,45)(H,40,41)(H,42,43). The average Bonchev–Trinajstić information content (AvgIpc) is 2.99. The van der Waals surface area contributed by atoms with Crippen LogP contribution in [-0.4, -0.2) is 94.9 Å². The lowest BCUT2D eigenvalue weighted by molar-refractivity contribution is -0.148. The molecule has 0 radical (unpaired) electrons. The minimum Gasteiger partial charge on any atom is -0.481 e. The van der Waals surface area contributed by atoms with E-state index in [-0.39, 0.29) is 24.5 Å². The minimum absolute atomic E-state index is 0.0718. The maximum Gasteiger partial charge on any atom is 0.308 e. The van der Waals surface area contributed by atoms with Crippen molar-refractivity contribution < 1.29 is 53.3 Å². The van der Waals surface area contributed by atoms with E-state index >= 15 is 0 Å². The number of ether oxygens (including phenoxy) is 1. The molecular weight excluding hydrogens is 632 g/mol. The van der Waals surface area contributed by atoms with Crippen LogP contribution in [0.1, 0.15) is 59.9 Å². The zero-order valence-electron chi connectivity index (χ0n) is 27.9. The predicted octanol–water partition coefficient (Wildman–Crippen LogP) is -0.502. The third-order valence-electron chi connectivity index (χ3n) is 6.44. The van der Waals surface area contributed by atoms with Crippen molar-refractivity contribution in [2.24, 2.45) is 11.8 Å². The van der Waals surface area contributed by atoms with Gasteiger partial charge in [0.1, 0.15) is 18.7 Å². The Labute approximate surface area is 278 Å². The van der Waals surface area contributed by atoms with Gasteiger partial charge >= 0.3 is 17.9 Å². The number of amides is 5. The normalized spacial score (nSPS) is 12.8. The number of aliphatic carboxylic acids is 2. The van der Waals surface area contributed by atoms with Gasteiger partial charge in [-0.05, 0) is 23.6 Å². The number of rotatable bonds is 20. The first-order valence-electron chi connectivity index (χ1n) is 15.3. The number of esters is 1. The molecular formula is C31H46N6O11. The molecule has 1 rings (SSSR count). The molecule has 0 aliphatic carbocycles. The van der Waals surface area contributed by atoms with Crippen LogP contribution in [0.25, 0.3) is 0 Å². The van der Waals surface area contributed by atoms with Gasteiger partial charge in [-0.15, -0.1) is 0 Å². The zero-order chi connectivity index (χ0) is 36.6. The predicted molar refractivity (Wildman–Crippen MR) is 171 cm³/mol. The van der Waals surface area contributed by atoms with Gasteiger partial charge in [-0.1, -0.05) is 53.7 Å². The van der Waals surface area contributed by atoms with Crippen molar-refractivity contribution in [1.82, 2.24) is 26.6 Å². The van der Waals surface area contributed by atoms with Gasteiger partial charge < -0.3 is 46.9 Å². The first kappa shape index (κ1) is 41.0. The van der Waals surface area contributed by atoms with Gasteiger partial charge in [-0.25, -0.2) is 0 Å². The molecule has 5 amide bonds. The van der Waals surface area contributed by atoms with Crippen LogP contribution in [0.2, 0.25) is 0 Å². The fourth-order valence-electron chi connectivity index (χ4n) is 4.00. The number of carbonyl (C=O) groups excluding carboxylic acids is 6. The van der Waals surface area contributed by atoms with Crippen LogP contribution in [-0.2, 0) is 49.7 Å². The Morgan fingerprint density at radius 3 is 1.75 bits per heavy atom. The van der Waals surface area contributed by atoms with Gasteiger partial charge in [0.05, 0.1) is 37.9 Å². The molecule has 266 valence electrons. The molecule has 0 spiro atoms. The molecule has 48 heavy (non-hydrogen) atoms. The average molecular weight is 679 g/mol. The summed E-state index contributed by atoms with van der Waals surface area (Å²) in [5.41, 5.74) is 1.12. The number of hydrogen-bond donors (Lipinski definition) is 8. The third-order valence-corrected chi connectivity index (χ3v) is 6.44. The van der Waals surface area contributed by atoms with Crippen molar-refractivity contribution in [3.05, 3.63) is 29.8 Å². The van der Waals surface area contributed by atoms with Gasteiger partial charge in [0, 0.05) is 11.7 Å². The van der Waals surface area contributed by atoms with Crippen molar-refractivity contribution in [1.29, 1.82) is 0 Å². The highest BCUT2D eigenvalue weighted by atomic mass is 16.5. The molecule has 0 bridgehead atoms. The summed E-state index contributed by atoms with van der Waals surface area (Å²) in [5, 5.41) is 33.0. The first-order valence-corrected chi connectivity index (χ1v) is 15.3. The second-order valence-electron chi connectivity index (χ2n) is 11.9. The van der Waals surface area contributed by atoms with Gasteiger partial charge in [-0.3, -0.25) is 38.4 Å². The second kappa shape index (κ2) is 20.2. The second-order valence-corrected chi connectivity index (χ2v) is 11.9. The van der Waals surface area contributed by atoms with Crippen LogP contribution < -0.4 is 31.9 Å². The summed E-state index contributed by atoms with van der Waals surface area (Å²) in [6.07, 6.45) is -1.41. The van der Waals surface area contributed by atoms with Crippen LogP contribution in [0.5, 0.6) is 0 Å². The third kappa shape index (κ3) is 16.0. The molecule has 17 heteroatoms. The highest BCUT2D eigenvalue weighted by molar-refractivity contribution is 5.98. The lowest BCUT2D eigenvalue weighted by Crippen LogP contribution is -2.57. The minimum atomic E-state index is -1.63. The van der Waals surface area contributed by atoms with Gasteiger partial charge in [-0.2, -0.15) is 0 Å². The Balaban J connectivity index is 2.76. The number of carbonyl (C=O) groups is 8. The SMILES string of the molecule is CC(C)NC(CC(=O)O)C(=O)NCC(=O)NC(CC(=O)O)C(=O)NC(C(=O)NCC(=O)Nc1ccc(COC(=O)C(C)C)cc1)C(C)C. The number of hydrogen-bond acceptors (Lipinski definition) is 10. The van der Waals surface area contributed by atoms with Crippen molar-refractivity contribution in [2.75, 3.05) is 18.4 Å². The fraction of sp³-hybridized carbons (Fsp3) is 0.548. The molecule has 0 saturated heterocycles. The van der Waals surface area contributed by atoms with E-state index in [4.69, 9.17) is 9.84 Å². The van der Waals surface area contributed by atoms with E-state index in [1.807, 2.05) is 0 Å². The summed E-state index contributed by atoms with van der Waals surface area (Å²) < 4.78 is 5.16. The molecule has 17 nitrogen and oxygen atoms in total. The van der Waals surface area contributed by atoms with Crippen LogP contribution in [0.15, 0.2) is 24.3 Å². The number of anilines is 1. The Morgan fingerprint density at radius 2 is 1.23 bits per heavy atom. The number of carboxylic acids is 2. The highest BCUT2D eigenvalue weighted by Gasteiger charge is 2.31. The van der Waals surface area contributed by atoms with E-state index in [1.54, 1.807) is 65.8 Å². The summed E-state index contributed by atoms with van der Waals surface area (Å²) in [7, 11) is 0. The lowest BCUT2D eigenvalue weighted by Gasteiger charge is -2.25. The Hall–Kier alpha value is -5.06. The summed E-state index contributed by atoms with van der Waals surface area (Å²) in [6, 6.07) is 2.26. The number of nitrogens with one attached hydrogen (secondary N) is 6. The topological polar surface area (TPSA) is 258 Å². The van der Waals surface area contributed by atoms with E-state index in [0.29, 0.717) is 11.3 Å². The van der Waals surface area contributed by atoms with Crippen molar-refractivity contribution in [3.8, 4) is 0 Å². The molecule has 3 unspecified atom stereocenters. The summed E-state index contributed by atoms with van der Waals surface area (Å²) in [5.74, 6) is -7.86. The molecule has 0 aliphatic rings. The Bertz CT molecular complexity index is 1310. The molecule has 1 aromatic rings. The van der Waals surface area contributed by atoms with E-state index in [9.17, 15) is 43.5 Å².